The summed E-state index contributed by atoms with van der Waals surface area (Å²) in [6.07, 6.45) is 0.455. The summed E-state index contributed by atoms with van der Waals surface area (Å²) in [7, 11) is 0. The third-order valence-corrected chi connectivity index (χ3v) is 11.6. The van der Waals surface area contributed by atoms with E-state index >= 15 is 0 Å². The van der Waals surface area contributed by atoms with E-state index < -0.39 is 6.17 Å². The van der Waals surface area contributed by atoms with Crippen LogP contribution in [0.1, 0.15) is 35.6 Å². The average Bonchev–Trinajstić information content (AvgIpc) is 3.70. The van der Waals surface area contributed by atoms with E-state index in [1.807, 2.05) is 12.1 Å². The first kappa shape index (κ1) is 34.6. The number of aryl methyl sites for hydroxylation is 1. The Hall–Kier alpha value is -7.63. The van der Waals surface area contributed by atoms with E-state index in [-0.39, 0.29) is 0 Å². The molecule has 0 aliphatic carbocycles. The maximum Gasteiger partial charge on any atom is 0.159 e. The highest BCUT2D eigenvalue weighted by atomic mass is 15.2. The van der Waals surface area contributed by atoms with Crippen molar-refractivity contribution in [1.29, 1.82) is 0 Å². The van der Waals surface area contributed by atoms with Gasteiger partial charge >= 0.3 is 0 Å². The number of nitrogens with one attached hydrogen (secondary N) is 1. The van der Waals surface area contributed by atoms with Crippen molar-refractivity contribution in [3.05, 3.63) is 217 Å². The first-order valence-electron chi connectivity index (χ1n) is 20.3. The van der Waals surface area contributed by atoms with Gasteiger partial charge in [-0.05, 0) is 84.9 Å². The predicted octanol–water partition coefficient (Wildman–Crippen LogP) is 12.9. The highest BCUT2D eigenvalue weighted by Gasteiger charge is 2.25. The summed E-state index contributed by atoms with van der Waals surface area (Å²) in [4.78, 5) is 15.6. The molecule has 0 saturated carbocycles. The van der Waals surface area contributed by atoms with E-state index in [1.165, 1.54) is 32.3 Å². The fourth-order valence-electron chi connectivity index (χ4n) is 8.87. The van der Waals surface area contributed by atoms with Crippen LogP contribution in [0.15, 0.2) is 204 Å². The zero-order chi connectivity index (χ0) is 39.3. The molecule has 0 spiro atoms. The zero-order valence-electron chi connectivity index (χ0n) is 32.5. The number of benzene rings is 9. The molecule has 1 atom stereocenters. The summed E-state index contributed by atoms with van der Waals surface area (Å²) < 4.78 is 2.27. The standard InChI is InChI=1S/C54H39N5/c1-2-51-55-49-26-14-15-27-50(49)59(51)38-31-28-35(29-32-38)39-18-6-7-19-40(39)44-23-12-13-25-47(44)54-57-52(36-16-4-3-5-17-36)56-53(58-54)37-30-33-46-43-22-9-8-20-41(43)42-21-10-11-24-45(42)48(46)34-37/h3-34,54H,2H2,1H3,(H,56,57,58). The zero-order valence-corrected chi connectivity index (χ0v) is 32.5. The summed E-state index contributed by atoms with van der Waals surface area (Å²) >= 11 is 0. The molecule has 11 rings (SSSR count). The Kier molecular flexibility index (Phi) is 8.44. The van der Waals surface area contributed by atoms with Crippen molar-refractivity contribution < 1.29 is 0 Å². The summed E-state index contributed by atoms with van der Waals surface area (Å²) in [6, 6.07) is 69.0. The minimum Gasteiger partial charge on any atom is -0.344 e. The Balaban J connectivity index is 1.03. The van der Waals surface area contributed by atoms with Gasteiger partial charge in [-0.2, -0.15) is 0 Å². The first-order chi connectivity index (χ1) is 29.2. The Morgan fingerprint density at radius 1 is 0.492 bits per heavy atom. The Bertz CT molecular complexity index is 3250. The van der Waals surface area contributed by atoms with Gasteiger partial charge in [0.15, 0.2) is 5.84 Å². The van der Waals surface area contributed by atoms with Gasteiger partial charge < -0.3 is 5.32 Å². The van der Waals surface area contributed by atoms with Gasteiger partial charge in [0, 0.05) is 28.8 Å². The largest absolute Gasteiger partial charge is 0.344 e. The molecule has 5 nitrogen and oxygen atoms in total. The third-order valence-electron chi connectivity index (χ3n) is 11.6. The van der Waals surface area contributed by atoms with Gasteiger partial charge in [-0.25, -0.2) is 15.0 Å². The molecule has 0 saturated heterocycles. The van der Waals surface area contributed by atoms with Crippen LogP contribution in [0.25, 0.3) is 71.3 Å². The maximum atomic E-state index is 5.43. The molecule has 1 unspecified atom stereocenters. The molecule has 1 aromatic heterocycles. The predicted molar refractivity (Wildman–Crippen MR) is 246 cm³/mol. The Morgan fingerprint density at radius 3 is 1.80 bits per heavy atom. The summed E-state index contributed by atoms with van der Waals surface area (Å²) in [5.41, 5.74) is 10.9. The van der Waals surface area contributed by atoms with E-state index in [1.54, 1.807) is 0 Å². The molecular weight excluding hydrogens is 719 g/mol. The molecule has 1 aliphatic heterocycles. The van der Waals surface area contributed by atoms with Crippen molar-refractivity contribution in [3.63, 3.8) is 0 Å². The first-order valence-corrected chi connectivity index (χ1v) is 20.3. The van der Waals surface area contributed by atoms with Crippen molar-refractivity contribution in [3.8, 4) is 27.9 Å². The van der Waals surface area contributed by atoms with E-state index in [4.69, 9.17) is 15.0 Å². The lowest BCUT2D eigenvalue weighted by Gasteiger charge is -2.26. The molecule has 0 radical (unpaired) electrons. The molecule has 0 bridgehead atoms. The van der Waals surface area contributed by atoms with Crippen LogP contribution in [-0.4, -0.2) is 21.2 Å². The molecule has 10 aromatic rings. The van der Waals surface area contributed by atoms with Gasteiger partial charge in [-0.1, -0.05) is 171 Å². The molecule has 2 heterocycles. The van der Waals surface area contributed by atoms with Crippen LogP contribution in [0.2, 0.25) is 0 Å². The smallest absolute Gasteiger partial charge is 0.159 e. The number of para-hydroxylation sites is 2. The fraction of sp³-hybridized carbons (Fsp3) is 0.0556. The minimum atomic E-state index is -0.393. The Morgan fingerprint density at radius 2 is 1.07 bits per heavy atom. The number of aliphatic imine (C=N–C) groups is 2. The second-order valence-corrected chi connectivity index (χ2v) is 15.1. The highest BCUT2D eigenvalue weighted by molar-refractivity contribution is 6.26. The quantitative estimate of drug-likeness (QED) is 0.165. The lowest BCUT2D eigenvalue weighted by atomic mass is 9.90. The molecule has 1 aliphatic rings. The fourth-order valence-corrected chi connectivity index (χ4v) is 8.87. The lowest BCUT2D eigenvalue weighted by molar-refractivity contribution is 0.676. The van der Waals surface area contributed by atoms with E-state index in [0.29, 0.717) is 5.84 Å². The molecule has 5 heteroatoms. The molecule has 0 amide bonds. The SMILES string of the molecule is CCc1nc2ccccc2n1-c1ccc(-c2ccccc2-c2ccccc2C2N=C(c3ccc4c5ccccc5c5ccccc5c4c3)N=C(c3ccccc3)N2)cc1. The van der Waals surface area contributed by atoms with E-state index in [2.05, 4.69) is 199 Å². The van der Waals surface area contributed by atoms with Gasteiger partial charge in [0.2, 0.25) is 0 Å². The van der Waals surface area contributed by atoms with Crippen LogP contribution in [0, 0.1) is 0 Å². The molecular formula is C54H39N5. The molecule has 59 heavy (non-hydrogen) atoms. The number of fused-ring (bicyclic) bond motifs is 7. The average molecular weight is 758 g/mol. The number of rotatable bonds is 7. The van der Waals surface area contributed by atoms with Gasteiger partial charge in [0.1, 0.15) is 17.8 Å². The lowest BCUT2D eigenvalue weighted by Crippen LogP contribution is -2.33. The highest BCUT2D eigenvalue weighted by Crippen LogP contribution is 2.39. The van der Waals surface area contributed by atoms with Gasteiger partial charge in [0.05, 0.1) is 11.0 Å². The summed E-state index contributed by atoms with van der Waals surface area (Å²) in [5, 5.41) is 11.1. The number of hydrogen-bond acceptors (Lipinski definition) is 4. The minimum absolute atomic E-state index is 0.393. The van der Waals surface area contributed by atoms with Gasteiger partial charge in [0.25, 0.3) is 0 Å². The molecule has 0 fully saturated rings. The van der Waals surface area contributed by atoms with Crippen LogP contribution in [0.5, 0.6) is 0 Å². The van der Waals surface area contributed by atoms with Gasteiger partial charge in [-0.15, -0.1) is 0 Å². The topological polar surface area (TPSA) is 54.6 Å². The van der Waals surface area contributed by atoms with Crippen LogP contribution in [-0.2, 0) is 6.42 Å². The van der Waals surface area contributed by atoms with Crippen molar-refractivity contribution in [2.75, 3.05) is 0 Å². The second-order valence-electron chi connectivity index (χ2n) is 15.1. The Labute approximate surface area is 342 Å². The molecule has 280 valence electrons. The normalized spacial score (nSPS) is 14.1. The number of hydrogen-bond donors (Lipinski definition) is 1. The summed E-state index contributed by atoms with van der Waals surface area (Å²) in [6.45, 7) is 2.16. The molecule has 1 N–H and O–H groups in total. The molecule has 9 aromatic carbocycles. The third kappa shape index (κ3) is 5.98. The monoisotopic (exact) mass is 757 g/mol. The van der Waals surface area contributed by atoms with Crippen molar-refractivity contribution in [2.45, 2.75) is 19.5 Å². The van der Waals surface area contributed by atoms with Crippen molar-refractivity contribution in [2.24, 2.45) is 9.98 Å². The number of aromatic nitrogens is 2. The van der Waals surface area contributed by atoms with Crippen LogP contribution >= 0.6 is 0 Å². The van der Waals surface area contributed by atoms with Crippen LogP contribution in [0.3, 0.4) is 0 Å². The van der Waals surface area contributed by atoms with Gasteiger partial charge in [-0.3, -0.25) is 4.57 Å². The summed E-state index contributed by atoms with van der Waals surface area (Å²) in [5.74, 6) is 2.54. The maximum absolute atomic E-state index is 5.43. The van der Waals surface area contributed by atoms with Crippen molar-refractivity contribution in [1.82, 2.24) is 14.9 Å². The second kappa shape index (κ2) is 14.4. The number of nitrogens with zero attached hydrogens (tertiary/aromatic N) is 4. The van der Waals surface area contributed by atoms with Crippen LogP contribution in [0.4, 0.5) is 0 Å². The number of amidine groups is 2. The van der Waals surface area contributed by atoms with E-state index in [0.717, 1.165) is 73.7 Å². The van der Waals surface area contributed by atoms with E-state index in [9.17, 15) is 0 Å². The van der Waals surface area contributed by atoms with Crippen molar-refractivity contribution >= 4 is 55.0 Å². The van der Waals surface area contributed by atoms with Crippen LogP contribution < -0.4 is 5.32 Å². The number of imidazole rings is 1.